The average Bonchev–Trinajstić information content (AvgIpc) is 1.85. The molecule has 1 N–H and O–H groups in total. The molecule has 0 aliphatic carbocycles. The summed E-state index contributed by atoms with van der Waals surface area (Å²) in [6, 6.07) is 0. The van der Waals surface area contributed by atoms with Crippen molar-refractivity contribution in [3.05, 3.63) is 9.15 Å². The Balaban J connectivity index is 4.79. The molecule has 0 amide bonds. The third-order valence-corrected chi connectivity index (χ3v) is 1.68. The molecule has 0 bridgehead atoms. The summed E-state index contributed by atoms with van der Waals surface area (Å²) in [4.78, 5) is 10.9. The summed E-state index contributed by atoms with van der Waals surface area (Å²) in [6.45, 7) is 1.68. The maximum absolute atomic E-state index is 10.9. The van der Waals surface area contributed by atoms with Crippen molar-refractivity contribution in [1.29, 1.82) is 5.41 Å². The smallest absolute Gasteiger partial charge is 0.341 e. The zero-order chi connectivity index (χ0) is 9.02. The van der Waals surface area contributed by atoms with E-state index >= 15 is 0 Å². The van der Waals surface area contributed by atoms with Gasteiger partial charge in [0.2, 0.25) is 0 Å². The number of carbonyl (C=O) groups is 1. The van der Waals surface area contributed by atoms with Gasteiger partial charge in [-0.1, -0.05) is 11.6 Å². The number of rotatable bonds is 2. The number of methoxy groups -OCH3 is 1. The van der Waals surface area contributed by atoms with Crippen LogP contribution in [0.1, 0.15) is 6.92 Å². The fraction of sp³-hybridized carbons (Fsp3) is 0.333. The Morgan fingerprint density at radius 3 is 2.18 bits per heavy atom. The van der Waals surface area contributed by atoms with Gasteiger partial charge in [-0.05, 0) is 29.5 Å². The molecular weight excluding hydrogens is 280 g/mol. The first-order valence-corrected chi connectivity index (χ1v) is 4.15. The fourth-order valence-corrected chi connectivity index (χ4v) is 1.35. The van der Waals surface area contributed by atoms with Crippen LogP contribution in [-0.2, 0) is 9.53 Å². The fourth-order valence-electron chi connectivity index (χ4n) is 0.484. The zero-order valence-electron chi connectivity index (χ0n) is 6.07. The van der Waals surface area contributed by atoms with E-state index in [9.17, 15) is 4.79 Å². The highest BCUT2D eigenvalue weighted by molar-refractivity contribution is 14.1. The van der Waals surface area contributed by atoms with Gasteiger partial charge in [0.05, 0.1) is 7.11 Å². The van der Waals surface area contributed by atoms with Crippen molar-refractivity contribution in [2.75, 3.05) is 7.11 Å². The van der Waals surface area contributed by atoms with Gasteiger partial charge in [-0.3, -0.25) is 5.41 Å². The standard InChI is InChI=1S/C6H7ClINO2/c1-3(8)4(5(7)9)6(10)11-2/h9H,1-2H3/b4-3-,9-5?. The van der Waals surface area contributed by atoms with Crippen LogP contribution >= 0.6 is 34.2 Å². The molecule has 11 heavy (non-hydrogen) atoms. The number of halogens is 2. The predicted octanol–water partition coefficient (Wildman–Crippen LogP) is 2.08. The van der Waals surface area contributed by atoms with Crippen LogP contribution < -0.4 is 0 Å². The first kappa shape index (κ1) is 10.9. The molecule has 0 radical (unpaired) electrons. The lowest BCUT2D eigenvalue weighted by Gasteiger charge is -2.01. The molecule has 0 aromatic heterocycles. The number of allylic oxidation sites excluding steroid dienone is 1. The highest BCUT2D eigenvalue weighted by Crippen LogP contribution is 2.15. The quantitative estimate of drug-likeness (QED) is 0.366. The molecule has 0 aliphatic rings. The number of hydrogen-bond donors (Lipinski definition) is 1. The van der Waals surface area contributed by atoms with Crippen LogP contribution in [0.25, 0.3) is 0 Å². The SMILES string of the molecule is COC(=O)/C(C(=N)Cl)=C(/C)I. The van der Waals surface area contributed by atoms with Crippen LogP contribution in [0.5, 0.6) is 0 Å². The lowest BCUT2D eigenvalue weighted by molar-refractivity contribution is -0.135. The van der Waals surface area contributed by atoms with E-state index in [-0.39, 0.29) is 10.7 Å². The largest absolute Gasteiger partial charge is 0.465 e. The molecule has 3 nitrogen and oxygen atoms in total. The summed E-state index contributed by atoms with van der Waals surface area (Å²) >= 11 is 7.24. The zero-order valence-corrected chi connectivity index (χ0v) is 8.99. The molecule has 0 saturated heterocycles. The molecule has 0 unspecified atom stereocenters. The van der Waals surface area contributed by atoms with Crippen LogP contribution in [0.3, 0.4) is 0 Å². The molecule has 0 aromatic carbocycles. The van der Waals surface area contributed by atoms with Gasteiger partial charge in [-0.25, -0.2) is 4.79 Å². The van der Waals surface area contributed by atoms with Crippen LogP contribution in [0, 0.1) is 5.41 Å². The van der Waals surface area contributed by atoms with Gasteiger partial charge in [0.15, 0.2) is 0 Å². The Morgan fingerprint density at radius 2 is 2.09 bits per heavy atom. The highest BCUT2D eigenvalue weighted by Gasteiger charge is 2.15. The highest BCUT2D eigenvalue weighted by atomic mass is 127. The first-order chi connectivity index (χ1) is 5.00. The Bertz CT molecular complexity index is 221. The van der Waals surface area contributed by atoms with Gasteiger partial charge in [0, 0.05) is 3.58 Å². The van der Waals surface area contributed by atoms with Gasteiger partial charge in [-0.15, -0.1) is 0 Å². The van der Waals surface area contributed by atoms with Gasteiger partial charge >= 0.3 is 5.97 Å². The van der Waals surface area contributed by atoms with E-state index in [2.05, 4.69) is 4.74 Å². The van der Waals surface area contributed by atoms with Crippen molar-refractivity contribution in [1.82, 2.24) is 0 Å². The molecule has 0 aliphatic heterocycles. The summed E-state index contributed by atoms with van der Waals surface area (Å²) in [6.07, 6.45) is 0. The van der Waals surface area contributed by atoms with Crippen molar-refractivity contribution in [2.45, 2.75) is 6.92 Å². The molecule has 0 fully saturated rings. The molecule has 0 saturated carbocycles. The van der Waals surface area contributed by atoms with Crippen LogP contribution in [0.2, 0.25) is 0 Å². The number of hydrogen-bond acceptors (Lipinski definition) is 3. The molecule has 0 aromatic rings. The van der Waals surface area contributed by atoms with E-state index in [1.54, 1.807) is 6.92 Å². The number of esters is 1. The van der Waals surface area contributed by atoms with E-state index < -0.39 is 5.97 Å². The van der Waals surface area contributed by atoms with Crippen molar-refractivity contribution < 1.29 is 9.53 Å². The summed E-state index contributed by atoms with van der Waals surface area (Å²) in [5, 5.41) is 6.73. The second-order valence-electron chi connectivity index (χ2n) is 1.71. The molecule has 62 valence electrons. The second-order valence-corrected chi connectivity index (χ2v) is 3.71. The average molecular weight is 287 g/mol. The second kappa shape index (κ2) is 4.71. The minimum Gasteiger partial charge on any atom is -0.465 e. The van der Waals surface area contributed by atoms with Crippen molar-refractivity contribution >= 4 is 45.3 Å². The Labute approximate surface area is 83.4 Å². The van der Waals surface area contributed by atoms with E-state index in [1.807, 2.05) is 22.6 Å². The molecule has 0 atom stereocenters. The van der Waals surface area contributed by atoms with Crippen molar-refractivity contribution in [2.24, 2.45) is 0 Å². The van der Waals surface area contributed by atoms with Crippen LogP contribution in [-0.4, -0.2) is 18.2 Å². The number of ether oxygens (including phenoxy) is 1. The van der Waals surface area contributed by atoms with E-state index in [0.29, 0.717) is 3.58 Å². The summed E-state index contributed by atoms with van der Waals surface area (Å²) in [7, 11) is 1.25. The number of nitrogens with one attached hydrogen (secondary N) is 1. The minimum absolute atomic E-state index is 0.120. The Kier molecular flexibility index (Phi) is 4.67. The van der Waals surface area contributed by atoms with Gasteiger partial charge in [0.1, 0.15) is 10.7 Å². The summed E-state index contributed by atoms with van der Waals surface area (Å²) in [5.41, 5.74) is 0.120. The van der Waals surface area contributed by atoms with E-state index in [0.717, 1.165) is 0 Å². The predicted molar refractivity (Wildman–Crippen MR) is 52.3 cm³/mol. The maximum Gasteiger partial charge on any atom is 0.341 e. The third-order valence-electron chi connectivity index (χ3n) is 0.954. The van der Waals surface area contributed by atoms with E-state index in [1.165, 1.54) is 7.11 Å². The lowest BCUT2D eigenvalue weighted by atomic mass is 10.3. The summed E-state index contributed by atoms with van der Waals surface area (Å²) < 4.78 is 5.06. The number of carbonyl (C=O) groups excluding carboxylic acids is 1. The van der Waals surface area contributed by atoms with Crippen molar-refractivity contribution in [3.63, 3.8) is 0 Å². The first-order valence-electron chi connectivity index (χ1n) is 2.69. The van der Waals surface area contributed by atoms with Gasteiger partial charge < -0.3 is 4.74 Å². The Hall–Kier alpha value is -0.100. The molecular formula is C6H7ClINO2. The van der Waals surface area contributed by atoms with Crippen molar-refractivity contribution in [3.8, 4) is 0 Å². The lowest BCUT2D eigenvalue weighted by Crippen LogP contribution is -2.10. The third kappa shape index (κ3) is 3.20. The monoisotopic (exact) mass is 287 g/mol. The van der Waals surface area contributed by atoms with Gasteiger partial charge in [0.25, 0.3) is 0 Å². The molecule has 0 spiro atoms. The minimum atomic E-state index is -0.572. The van der Waals surface area contributed by atoms with E-state index in [4.69, 9.17) is 17.0 Å². The topological polar surface area (TPSA) is 50.2 Å². The Morgan fingerprint density at radius 1 is 1.64 bits per heavy atom. The maximum atomic E-state index is 10.9. The van der Waals surface area contributed by atoms with Crippen LogP contribution in [0.15, 0.2) is 9.15 Å². The van der Waals surface area contributed by atoms with Gasteiger partial charge in [-0.2, -0.15) is 0 Å². The normalized spacial score (nSPS) is 12.0. The molecule has 5 heteroatoms. The molecule has 0 rings (SSSR count). The molecule has 0 heterocycles. The summed E-state index contributed by atoms with van der Waals surface area (Å²) in [5.74, 6) is -0.572. The van der Waals surface area contributed by atoms with Crippen LogP contribution in [0.4, 0.5) is 0 Å².